The normalized spacial score (nSPS) is 12.0. The van der Waals surface area contributed by atoms with Gasteiger partial charge >= 0.3 is 11.6 Å². The Balaban J connectivity index is 2.83. The molecule has 0 bridgehead atoms. The third-order valence-corrected chi connectivity index (χ3v) is 2.84. The SMILES string of the molecule is O=[n+]1c(C(O)=[NH+]CCO)c(CO)n(O)c2ccccc21. The van der Waals surface area contributed by atoms with Gasteiger partial charge in [-0.25, -0.2) is 4.99 Å². The van der Waals surface area contributed by atoms with Gasteiger partial charge in [0.05, 0.1) is 11.0 Å². The number of aliphatic hydroxyl groups excluding tert-OH is 3. The summed E-state index contributed by atoms with van der Waals surface area (Å²) < 4.78 is 1.06. The molecule has 0 unspecified atom stereocenters. The number of aliphatic hydroxyl groups is 3. The molecule has 0 amide bonds. The lowest BCUT2D eigenvalue weighted by Crippen LogP contribution is -2.75. The van der Waals surface area contributed by atoms with Crippen LogP contribution in [0.5, 0.6) is 0 Å². The van der Waals surface area contributed by atoms with Crippen LogP contribution in [-0.4, -0.2) is 44.3 Å². The monoisotopic (exact) mass is 281 g/mol. The van der Waals surface area contributed by atoms with Gasteiger partial charge in [-0.15, -0.1) is 0 Å². The number of hydrogen-bond donors (Lipinski definition) is 5. The topological polar surface area (TPSA) is 123 Å². The molecule has 106 valence electrons. The maximum absolute atomic E-state index is 12.3. The lowest BCUT2D eigenvalue weighted by Gasteiger charge is -2.05. The zero-order valence-corrected chi connectivity index (χ0v) is 10.5. The highest BCUT2D eigenvalue weighted by atomic mass is 16.5. The molecule has 1 aromatic heterocycles. The van der Waals surface area contributed by atoms with E-state index in [9.17, 15) is 20.3 Å². The van der Waals surface area contributed by atoms with Gasteiger partial charge in [-0.1, -0.05) is 12.1 Å². The lowest BCUT2D eigenvalue weighted by atomic mass is 10.2. The van der Waals surface area contributed by atoms with Crippen molar-refractivity contribution in [2.24, 2.45) is 0 Å². The van der Waals surface area contributed by atoms with Crippen LogP contribution in [0.2, 0.25) is 0 Å². The quantitative estimate of drug-likeness (QED) is 0.186. The Hall–Kier alpha value is -2.45. The number of rotatable bonds is 4. The van der Waals surface area contributed by atoms with Gasteiger partial charge in [0, 0.05) is 11.0 Å². The summed E-state index contributed by atoms with van der Waals surface area (Å²) in [5, 5.41) is 37.9. The van der Waals surface area contributed by atoms with Gasteiger partial charge in [0.1, 0.15) is 6.61 Å². The summed E-state index contributed by atoms with van der Waals surface area (Å²) in [5.74, 6) is -0.536. The van der Waals surface area contributed by atoms with E-state index in [1.54, 1.807) is 12.1 Å². The summed E-state index contributed by atoms with van der Waals surface area (Å²) in [6, 6.07) is 6.21. The van der Waals surface area contributed by atoms with Crippen molar-refractivity contribution < 1.29 is 29.9 Å². The zero-order valence-electron chi connectivity index (χ0n) is 10.5. The van der Waals surface area contributed by atoms with Crippen molar-refractivity contribution in [2.45, 2.75) is 6.61 Å². The van der Waals surface area contributed by atoms with Crippen LogP contribution in [0.3, 0.4) is 0 Å². The molecule has 8 heteroatoms. The van der Waals surface area contributed by atoms with E-state index >= 15 is 0 Å². The molecule has 5 N–H and O–H groups in total. The summed E-state index contributed by atoms with van der Waals surface area (Å²) in [5.41, 5.74) is -0.145. The minimum atomic E-state index is -0.649. The second kappa shape index (κ2) is 5.68. The average Bonchev–Trinajstić information content (AvgIpc) is 2.48. The highest BCUT2D eigenvalue weighted by molar-refractivity contribution is 5.86. The molecule has 1 heterocycles. The number of aromatic nitrogens is 2. The maximum Gasteiger partial charge on any atom is 0.440 e. The van der Waals surface area contributed by atoms with Crippen molar-refractivity contribution in [1.82, 2.24) is 4.73 Å². The van der Waals surface area contributed by atoms with Crippen molar-refractivity contribution in [3.8, 4) is 0 Å². The van der Waals surface area contributed by atoms with Crippen molar-refractivity contribution >= 4 is 16.9 Å². The summed E-state index contributed by atoms with van der Waals surface area (Å²) in [4.78, 5) is 14.7. The van der Waals surface area contributed by atoms with E-state index in [1.165, 1.54) is 12.1 Å². The average molecular weight is 281 g/mol. The van der Waals surface area contributed by atoms with E-state index in [2.05, 4.69) is 4.99 Å². The van der Waals surface area contributed by atoms with Crippen LogP contribution in [0.15, 0.2) is 24.3 Å². The lowest BCUT2D eigenvalue weighted by molar-refractivity contribution is -0.497. The molecule has 1 aromatic carbocycles. The Morgan fingerprint density at radius 2 is 2.00 bits per heavy atom. The molecular formula is C12H15N3O5+2. The van der Waals surface area contributed by atoms with Crippen molar-refractivity contribution in [3.05, 3.63) is 40.6 Å². The maximum atomic E-state index is 12.3. The summed E-state index contributed by atoms with van der Waals surface area (Å²) >= 11 is 0. The molecule has 20 heavy (non-hydrogen) atoms. The van der Waals surface area contributed by atoms with Crippen LogP contribution < -0.4 is 9.42 Å². The molecule has 0 fully saturated rings. The van der Waals surface area contributed by atoms with Gasteiger partial charge < -0.3 is 20.5 Å². The number of nitrogens with one attached hydrogen (secondary N) is 1. The Bertz CT molecular complexity index is 723. The van der Waals surface area contributed by atoms with E-state index in [0.29, 0.717) is 9.16 Å². The van der Waals surface area contributed by atoms with E-state index in [1.807, 2.05) is 0 Å². The largest absolute Gasteiger partial charge is 0.455 e. The first-order chi connectivity index (χ1) is 9.61. The van der Waals surface area contributed by atoms with Crippen LogP contribution in [-0.2, 0) is 6.61 Å². The van der Waals surface area contributed by atoms with E-state index in [4.69, 9.17) is 5.11 Å². The van der Waals surface area contributed by atoms with Gasteiger partial charge in [0.2, 0.25) is 0 Å². The molecule has 2 rings (SSSR count). The van der Waals surface area contributed by atoms with E-state index in [-0.39, 0.29) is 35.6 Å². The smallest absolute Gasteiger partial charge is 0.440 e. The molecule has 0 aliphatic heterocycles. The molecular weight excluding hydrogens is 266 g/mol. The van der Waals surface area contributed by atoms with Crippen molar-refractivity contribution in [2.75, 3.05) is 13.2 Å². The van der Waals surface area contributed by atoms with Crippen molar-refractivity contribution in [1.29, 1.82) is 0 Å². The van der Waals surface area contributed by atoms with Crippen molar-refractivity contribution in [3.63, 3.8) is 0 Å². The van der Waals surface area contributed by atoms with Gasteiger partial charge in [0.15, 0.2) is 17.8 Å². The second-order valence-corrected chi connectivity index (χ2v) is 4.05. The predicted molar refractivity (Wildman–Crippen MR) is 68.1 cm³/mol. The molecule has 0 spiro atoms. The number of para-hydroxylation sites is 2. The minimum absolute atomic E-state index is 0.0228. The second-order valence-electron chi connectivity index (χ2n) is 4.05. The molecule has 0 aliphatic rings. The first-order valence-electron chi connectivity index (χ1n) is 5.92. The fourth-order valence-electron chi connectivity index (χ4n) is 1.93. The fraction of sp³-hybridized carbons (Fsp3) is 0.250. The molecule has 0 saturated carbocycles. The minimum Gasteiger partial charge on any atom is -0.455 e. The highest BCUT2D eigenvalue weighted by Crippen LogP contribution is 2.13. The number of nitrogens with zero attached hydrogens (tertiary/aromatic N) is 2. The zero-order chi connectivity index (χ0) is 14.7. The molecule has 0 aliphatic carbocycles. The number of hydrogen-bond acceptors (Lipinski definition) is 4. The summed E-state index contributed by atoms with van der Waals surface area (Å²) in [6.07, 6.45) is 0. The third-order valence-electron chi connectivity index (χ3n) is 2.84. The Kier molecular flexibility index (Phi) is 3.97. The molecule has 2 aromatic rings. The molecule has 0 radical (unpaired) electrons. The number of fused-ring (bicyclic) bond motifs is 1. The third kappa shape index (κ3) is 2.22. The van der Waals surface area contributed by atoms with Gasteiger partial charge in [-0.3, -0.25) is 0 Å². The summed E-state index contributed by atoms with van der Waals surface area (Å²) in [6.45, 7) is -0.872. The molecule has 8 nitrogen and oxygen atoms in total. The molecule has 0 saturated heterocycles. The van der Waals surface area contributed by atoms with Crippen LogP contribution >= 0.6 is 0 Å². The van der Waals surface area contributed by atoms with E-state index < -0.39 is 12.5 Å². The first-order valence-corrected chi connectivity index (χ1v) is 5.92. The highest BCUT2D eigenvalue weighted by Gasteiger charge is 2.32. The predicted octanol–water partition coefficient (Wildman–Crippen LogP) is -2.34. The Morgan fingerprint density at radius 1 is 1.30 bits per heavy atom. The Labute approximate surface area is 113 Å². The molecule has 0 atom stereocenters. The van der Waals surface area contributed by atoms with Gasteiger partial charge in [0.25, 0.3) is 5.52 Å². The van der Waals surface area contributed by atoms with Gasteiger partial charge in [-0.05, 0) is 6.07 Å². The fourth-order valence-corrected chi connectivity index (χ4v) is 1.93. The van der Waals surface area contributed by atoms with Crippen LogP contribution in [0.4, 0.5) is 0 Å². The van der Waals surface area contributed by atoms with Crippen LogP contribution in [0.1, 0.15) is 11.4 Å². The Morgan fingerprint density at radius 3 is 2.65 bits per heavy atom. The van der Waals surface area contributed by atoms with E-state index in [0.717, 1.165) is 0 Å². The van der Waals surface area contributed by atoms with Crippen LogP contribution in [0, 0.1) is 4.91 Å². The standard InChI is InChI=1S/C12H13N3O5/c16-6-5-13-12(18)11-10(7-17)14(19)8-3-1-2-4-9(8)15(11)20/h1-4,16-17,19H,5-7H2/p+2. The first kappa shape index (κ1) is 14.0. The number of benzene rings is 1. The summed E-state index contributed by atoms with van der Waals surface area (Å²) in [7, 11) is 0. The van der Waals surface area contributed by atoms with Gasteiger partial charge in [-0.2, -0.15) is 4.73 Å². The van der Waals surface area contributed by atoms with Crippen LogP contribution in [0.25, 0.3) is 11.0 Å².